The zero-order chi connectivity index (χ0) is 9.36. The van der Waals surface area contributed by atoms with Gasteiger partial charge in [-0.2, -0.15) is 0 Å². The lowest BCUT2D eigenvalue weighted by molar-refractivity contribution is -0.0430. The Morgan fingerprint density at radius 3 is 2.31 bits per heavy atom. The summed E-state index contributed by atoms with van der Waals surface area (Å²) >= 11 is 2.07. The molecule has 1 spiro atoms. The molecule has 1 aliphatic heterocycles. The van der Waals surface area contributed by atoms with Gasteiger partial charge in [-0.1, -0.05) is 20.3 Å². The second-order valence-corrected chi connectivity index (χ2v) is 6.53. The molecule has 1 aliphatic carbocycles. The van der Waals surface area contributed by atoms with Gasteiger partial charge in [0.1, 0.15) is 4.93 Å². The normalized spacial score (nSPS) is 31.8. The Morgan fingerprint density at radius 2 is 1.77 bits per heavy atom. The SMILES string of the molecule is CC1(C)COC2(CCCCC2)SC1. The lowest BCUT2D eigenvalue weighted by Crippen LogP contribution is -2.42. The molecule has 2 rings (SSSR count). The Hall–Kier alpha value is 0.310. The van der Waals surface area contributed by atoms with E-state index in [1.54, 1.807) is 0 Å². The van der Waals surface area contributed by atoms with Crippen molar-refractivity contribution in [3.8, 4) is 0 Å². The Labute approximate surface area is 85.6 Å². The van der Waals surface area contributed by atoms with Gasteiger partial charge in [-0.3, -0.25) is 0 Å². The molecular formula is C11H20OS. The first-order chi connectivity index (χ1) is 6.12. The first kappa shape index (κ1) is 9.85. The van der Waals surface area contributed by atoms with E-state index in [4.69, 9.17) is 4.74 Å². The van der Waals surface area contributed by atoms with Gasteiger partial charge in [-0.05, 0) is 31.1 Å². The first-order valence-corrected chi connectivity index (χ1v) is 6.39. The van der Waals surface area contributed by atoms with Crippen LogP contribution in [0.4, 0.5) is 0 Å². The van der Waals surface area contributed by atoms with E-state index in [0.717, 1.165) is 6.61 Å². The van der Waals surface area contributed by atoms with Gasteiger partial charge in [0.25, 0.3) is 0 Å². The third-order valence-electron chi connectivity index (χ3n) is 3.07. The molecule has 0 N–H and O–H groups in total. The van der Waals surface area contributed by atoms with Gasteiger partial charge in [0.05, 0.1) is 6.61 Å². The molecule has 0 atom stereocenters. The molecule has 0 bridgehead atoms. The maximum atomic E-state index is 6.08. The van der Waals surface area contributed by atoms with Crippen LogP contribution in [0.3, 0.4) is 0 Å². The van der Waals surface area contributed by atoms with E-state index < -0.39 is 0 Å². The topological polar surface area (TPSA) is 9.23 Å². The zero-order valence-corrected chi connectivity index (χ0v) is 9.58. The number of hydrogen-bond donors (Lipinski definition) is 0. The molecular weight excluding hydrogens is 180 g/mol. The molecule has 0 aromatic heterocycles. The van der Waals surface area contributed by atoms with Crippen LogP contribution in [0.15, 0.2) is 0 Å². The van der Waals surface area contributed by atoms with E-state index in [9.17, 15) is 0 Å². The Kier molecular flexibility index (Phi) is 2.63. The van der Waals surface area contributed by atoms with Crippen LogP contribution in [0.5, 0.6) is 0 Å². The molecule has 0 radical (unpaired) electrons. The minimum absolute atomic E-state index is 0.230. The summed E-state index contributed by atoms with van der Waals surface area (Å²) in [5.74, 6) is 1.27. The fourth-order valence-corrected chi connectivity index (χ4v) is 3.57. The van der Waals surface area contributed by atoms with Gasteiger partial charge in [0.2, 0.25) is 0 Å². The Bertz CT molecular complexity index is 171. The lowest BCUT2D eigenvalue weighted by atomic mass is 9.94. The standard InChI is InChI=1S/C11H20OS/c1-10(2)8-12-11(13-9-10)6-4-3-5-7-11/h3-9H2,1-2H3. The average molecular weight is 200 g/mol. The molecule has 0 aromatic carbocycles. The third-order valence-corrected chi connectivity index (χ3v) is 5.05. The highest BCUT2D eigenvalue weighted by Gasteiger charge is 2.40. The quantitative estimate of drug-likeness (QED) is 0.592. The van der Waals surface area contributed by atoms with Crippen LogP contribution in [0.2, 0.25) is 0 Å². The van der Waals surface area contributed by atoms with Crippen molar-refractivity contribution in [3.05, 3.63) is 0 Å². The maximum Gasteiger partial charge on any atom is 0.113 e. The minimum Gasteiger partial charge on any atom is -0.364 e. The molecule has 1 saturated carbocycles. The highest BCUT2D eigenvalue weighted by atomic mass is 32.2. The summed E-state index contributed by atoms with van der Waals surface area (Å²) in [4.78, 5) is 0.230. The van der Waals surface area contributed by atoms with Gasteiger partial charge in [0.15, 0.2) is 0 Å². The number of hydrogen-bond acceptors (Lipinski definition) is 2. The highest BCUT2D eigenvalue weighted by molar-refractivity contribution is 8.00. The van der Waals surface area contributed by atoms with Crippen LogP contribution < -0.4 is 0 Å². The average Bonchev–Trinajstić information content (AvgIpc) is 2.13. The van der Waals surface area contributed by atoms with Crippen LogP contribution in [-0.4, -0.2) is 17.3 Å². The third kappa shape index (κ3) is 2.21. The van der Waals surface area contributed by atoms with Crippen molar-refractivity contribution in [3.63, 3.8) is 0 Å². The van der Waals surface area contributed by atoms with Crippen molar-refractivity contribution in [2.45, 2.75) is 50.9 Å². The minimum atomic E-state index is 0.230. The monoisotopic (exact) mass is 200 g/mol. The smallest absolute Gasteiger partial charge is 0.113 e. The molecule has 1 nitrogen and oxygen atoms in total. The lowest BCUT2D eigenvalue weighted by Gasteiger charge is -2.45. The van der Waals surface area contributed by atoms with E-state index in [1.807, 2.05) is 0 Å². The largest absolute Gasteiger partial charge is 0.364 e. The molecule has 0 amide bonds. The molecule has 76 valence electrons. The number of ether oxygens (including phenoxy) is 1. The molecule has 0 aromatic rings. The molecule has 2 aliphatic rings. The van der Waals surface area contributed by atoms with Gasteiger partial charge in [0, 0.05) is 5.75 Å². The summed E-state index contributed by atoms with van der Waals surface area (Å²) in [5.41, 5.74) is 0.396. The van der Waals surface area contributed by atoms with Gasteiger partial charge in [-0.15, -0.1) is 11.8 Å². The predicted octanol–water partition coefficient (Wildman–Crippen LogP) is 3.44. The Balaban J connectivity index is 1.95. The van der Waals surface area contributed by atoms with E-state index >= 15 is 0 Å². The predicted molar refractivity (Wildman–Crippen MR) is 58.0 cm³/mol. The van der Waals surface area contributed by atoms with E-state index in [2.05, 4.69) is 25.6 Å². The second-order valence-electron chi connectivity index (χ2n) is 5.21. The summed E-state index contributed by atoms with van der Waals surface area (Å²) in [6, 6.07) is 0. The van der Waals surface area contributed by atoms with Crippen molar-refractivity contribution >= 4 is 11.8 Å². The summed E-state index contributed by atoms with van der Waals surface area (Å²) in [6.45, 7) is 5.56. The summed E-state index contributed by atoms with van der Waals surface area (Å²) in [7, 11) is 0. The fourth-order valence-electron chi connectivity index (χ4n) is 2.12. The first-order valence-electron chi connectivity index (χ1n) is 5.40. The van der Waals surface area contributed by atoms with Crippen LogP contribution in [0, 0.1) is 5.41 Å². The van der Waals surface area contributed by atoms with Gasteiger partial charge >= 0.3 is 0 Å². The molecule has 1 heterocycles. The van der Waals surface area contributed by atoms with Crippen molar-refractivity contribution < 1.29 is 4.74 Å². The van der Waals surface area contributed by atoms with Crippen LogP contribution >= 0.6 is 11.8 Å². The van der Waals surface area contributed by atoms with Crippen molar-refractivity contribution in [1.29, 1.82) is 0 Å². The van der Waals surface area contributed by atoms with E-state index in [0.29, 0.717) is 5.41 Å². The second kappa shape index (κ2) is 3.47. The molecule has 2 fully saturated rings. The molecule has 0 unspecified atom stereocenters. The number of thioether (sulfide) groups is 1. The van der Waals surface area contributed by atoms with Gasteiger partial charge < -0.3 is 4.74 Å². The van der Waals surface area contributed by atoms with Crippen LogP contribution in [0.1, 0.15) is 46.0 Å². The van der Waals surface area contributed by atoms with Crippen molar-refractivity contribution in [2.75, 3.05) is 12.4 Å². The molecule has 13 heavy (non-hydrogen) atoms. The maximum absolute atomic E-state index is 6.08. The Morgan fingerprint density at radius 1 is 1.08 bits per heavy atom. The summed E-state index contributed by atoms with van der Waals surface area (Å²) in [6.07, 6.45) is 6.72. The zero-order valence-electron chi connectivity index (χ0n) is 8.77. The summed E-state index contributed by atoms with van der Waals surface area (Å²) < 4.78 is 6.08. The summed E-state index contributed by atoms with van der Waals surface area (Å²) in [5, 5.41) is 0. The number of rotatable bonds is 0. The van der Waals surface area contributed by atoms with Gasteiger partial charge in [-0.25, -0.2) is 0 Å². The highest BCUT2D eigenvalue weighted by Crippen LogP contribution is 2.47. The van der Waals surface area contributed by atoms with Crippen LogP contribution in [-0.2, 0) is 4.74 Å². The van der Waals surface area contributed by atoms with E-state index in [1.165, 1.54) is 37.9 Å². The molecule has 2 heteroatoms. The molecule has 1 saturated heterocycles. The van der Waals surface area contributed by atoms with Crippen LogP contribution in [0.25, 0.3) is 0 Å². The van der Waals surface area contributed by atoms with Crippen molar-refractivity contribution in [1.82, 2.24) is 0 Å². The fraction of sp³-hybridized carbons (Fsp3) is 1.00. The van der Waals surface area contributed by atoms with E-state index in [-0.39, 0.29) is 4.93 Å². The van der Waals surface area contributed by atoms with Crippen molar-refractivity contribution in [2.24, 2.45) is 5.41 Å².